The van der Waals surface area contributed by atoms with E-state index in [1.54, 1.807) is 34.0 Å². The molecule has 0 radical (unpaired) electrons. The van der Waals surface area contributed by atoms with Crippen LogP contribution in [0, 0.1) is 11.3 Å². The average Bonchev–Trinajstić information content (AvgIpc) is 3.46. The Kier molecular flexibility index (Phi) is 5.43. The number of aromatic nitrogens is 7. The Morgan fingerprint density at radius 1 is 1.24 bits per heavy atom. The number of hydrogen-bond donors (Lipinski definition) is 2. The standard InChI is InChI=1S/C22H23FN10/c1-13(2)29-18-6-21(33-22-15(9-28-33)5-14(7-24)8-27-22)26-10-16(18)19-12-32(31-30-19)20-3-4-25-11-17(20)23/h5-6,8-10,12-13,17,20,25H,3-4,11H2,1-2H3,(H,26,29)/t17-,20+/m0/s1. The normalized spacial score (nSPS) is 18.5. The van der Waals surface area contributed by atoms with Gasteiger partial charge in [-0.15, -0.1) is 5.10 Å². The van der Waals surface area contributed by atoms with E-state index in [2.05, 4.69) is 42.1 Å². The Bertz CT molecular complexity index is 1330. The summed E-state index contributed by atoms with van der Waals surface area (Å²) in [4.78, 5) is 8.96. The summed E-state index contributed by atoms with van der Waals surface area (Å²) in [5.41, 5.74) is 3.26. The SMILES string of the molecule is CC(C)Nc1cc(-n2ncc3cc(C#N)cnc32)ncc1-c1cn([C@@H]2CCNC[C@@H]2F)nn1. The maximum absolute atomic E-state index is 14.4. The predicted octanol–water partition coefficient (Wildman–Crippen LogP) is 2.64. The monoisotopic (exact) mass is 446 g/mol. The second-order valence-electron chi connectivity index (χ2n) is 8.35. The zero-order valence-corrected chi connectivity index (χ0v) is 18.3. The van der Waals surface area contributed by atoms with E-state index in [0.29, 0.717) is 35.7 Å². The van der Waals surface area contributed by atoms with Crippen LogP contribution >= 0.6 is 0 Å². The minimum Gasteiger partial charge on any atom is -0.382 e. The fraction of sp³-hybridized carbons (Fsp3) is 0.364. The highest BCUT2D eigenvalue weighted by Gasteiger charge is 2.27. The third kappa shape index (κ3) is 4.01. The molecule has 5 heterocycles. The van der Waals surface area contributed by atoms with Crippen molar-refractivity contribution in [2.75, 3.05) is 18.4 Å². The zero-order valence-electron chi connectivity index (χ0n) is 18.3. The topological polar surface area (TPSA) is 122 Å². The van der Waals surface area contributed by atoms with E-state index in [0.717, 1.165) is 23.2 Å². The number of anilines is 1. The molecule has 0 aliphatic carbocycles. The summed E-state index contributed by atoms with van der Waals surface area (Å²) in [6, 6.07) is 5.52. The first-order chi connectivity index (χ1) is 16.0. The minimum atomic E-state index is -1.01. The summed E-state index contributed by atoms with van der Waals surface area (Å²) < 4.78 is 17.6. The highest BCUT2D eigenvalue weighted by atomic mass is 19.1. The Balaban J connectivity index is 1.53. The van der Waals surface area contributed by atoms with Crippen LogP contribution in [0.3, 0.4) is 0 Å². The van der Waals surface area contributed by atoms with Crippen LogP contribution in [0.5, 0.6) is 0 Å². The van der Waals surface area contributed by atoms with E-state index in [4.69, 9.17) is 5.26 Å². The van der Waals surface area contributed by atoms with Crippen molar-refractivity contribution in [1.82, 2.24) is 40.1 Å². The average molecular weight is 446 g/mol. The van der Waals surface area contributed by atoms with E-state index in [1.165, 1.54) is 6.20 Å². The van der Waals surface area contributed by atoms with E-state index < -0.39 is 6.17 Å². The molecular formula is C22H23FN10. The smallest absolute Gasteiger partial charge is 0.164 e. The van der Waals surface area contributed by atoms with E-state index >= 15 is 0 Å². The summed E-state index contributed by atoms with van der Waals surface area (Å²) in [6.45, 7) is 5.14. The zero-order chi connectivity index (χ0) is 22.9. The molecule has 2 atom stereocenters. The molecule has 11 heteroatoms. The molecule has 168 valence electrons. The largest absolute Gasteiger partial charge is 0.382 e. The maximum Gasteiger partial charge on any atom is 0.164 e. The number of piperidine rings is 1. The molecule has 1 aliphatic heterocycles. The van der Waals surface area contributed by atoms with Gasteiger partial charge in [0.25, 0.3) is 0 Å². The summed E-state index contributed by atoms with van der Waals surface area (Å²) in [5, 5.41) is 29.3. The van der Waals surface area contributed by atoms with Crippen molar-refractivity contribution in [1.29, 1.82) is 5.26 Å². The van der Waals surface area contributed by atoms with Gasteiger partial charge in [-0.25, -0.2) is 19.0 Å². The van der Waals surface area contributed by atoms with Crippen LogP contribution in [0.25, 0.3) is 28.1 Å². The number of rotatable bonds is 5. The molecule has 1 aliphatic rings. The molecule has 4 aromatic heterocycles. The molecule has 0 saturated carbocycles. The number of pyridine rings is 2. The van der Waals surface area contributed by atoms with Crippen molar-refractivity contribution in [2.45, 2.75) is 38.5 Å². The first-order valence-corrected chi connectivity index (χ1v) is 10.8. The number of nitrogens with zero attached hydrogens (tertiary/aromatic N) is 8. The molecular weight excluding hydrogens is 423 g/mol. The lowest BCUT2D eigenvalue weighted by Gasteiger charge is -2.26. The number of fused-ring (bicyclic) bond motifs is 1. The van der Waals surface area contributed by atoms with Gasteiger partial charge in [-0.1, -0.05) is 5.21 Å². The lowest BCUT2D eigenvalue weighted by atomic mass is 10.1. The van der Waals surface area contributed by atoms with Crippen molar-refractivity contribution in [3.8, 4) is 23.1 Å². The molecule has 0 amide bonds. The lowest BCUT2D eigenvalue weighted by Crippen LogP contribution is -2.39. The van der Waals surface area contributed by atoms with Crippen LogP contribution in [0.4, 0.5) is 10.1 Å². The van der Waals surface area contributed by atoms with Crippen LogP contribution < -0.4 is 10.6 Å². The molecule has 1 saturated heterocycles. The Hall–Kier alpha value is -3.91. The first-order valence-electron chi connectivity index (χ1n) is 10.8. The van der Waals surface area contributed by atoms with Gasteiger partial charge in [-0.05, 0) is 32.9 Å². The molecule has 10 nitrogen and oxygen atoms in total. The first kappa shape index (κ1) is 21.0. The van der Waals surface area contributed by atoms with Crippen LogP contribution in [-0.2, 0) is 0 Å². The molecule has 0 aromatic carbocycles. The number of halogens is 1. The Morgan fingerprint density at radius 3 is 2.91 bits per heavy atom. The van der Waals surface area contributed by atoms with Crippen LogP contribution in [0.1, 0.15) is 31.9 Å². The third-order valence-electron chi connectivity index (χ3n) is 5.59. The van der Waals surface area contributed by atoms with Gasteiger partial charge in [-0.2, -0.15) is 15.0 Å². The molecule has 0 bridgehead atoms. The number of hydrogen-bond acceptors (Lipinski definition) is 8. The highest BCUT2D eigenvalue weighted by Crippen LogP contribution is 2.30. The second kappa shape index (κ2) is 8.55. The van der Waals surface area contributed by atoms with Gasteiger partial charge in [0.15, 0.2) is 11.5 Å². The Morgan fingerprint density at radius 2 is 2.12 bits per heavy atom. The van der Waals surface area contributed by atoms with Gasteiger partial charge in [0.2, 0.25) is 0 Å². The minimum absolute atomic E-state index is 0.152. The summed E-state index contributed by atoms with van der Waals surface area (Å²) >= 11 is 0. The van der Waals surface area contributed by atoms with Crippen LogP contribution in [0.2, 0.25) is 0 Å². The highest BCUT2D eigenvalue weighted by molar-refractivity contribution is 5.79. The van der Waals surface area contributed by atoms with Crippen molar-refractivity contribution < 1.29 is 4.39 Å². The molecule has 5 rings (SSSR count). The van der Waals surface area contributed by atoms with Gasteiger partial charge < -0.3 is 10.6 Å². The Labute approximate surface area is 189 Å². The molecule has 0 unspecified atom stereocenters. The van der Waals surface area contributed by atoms with Gasteiger partial charge in [0, 0.05) is 47.7 Å². The van der Waals surface area contributed by atoms with Gasteiger partial charge in [0.05, 0.1) is 24.0 Å². The fourth-order valence-electron chi connectivity index (χ4n) is 4.01. The second-order valence-corrected chi connectivity index (χ2v) is 8.35. The van der Waals surface area contributed by atoms with Gasteiger partial charge in [-0.3, -0.25) is 0 Å². The molecule has 33 heavy (non-hydrogen) atoms. The van der Waals surface area contributed by atoms with E-state index in [-0.39, 0.29) is 12.1 Å². The van der Waals surface area contributed by atoms with Gasteiger partial charge >= 0.3 is 0 Å². The van der Waals surface area contributed by atoms with Crippen LogP contribution in [0.15, 0.2) is 36.9 Å². The fourth-order valence-corrected chi connectivity index (χ4v) is 4.01. The predicted molar refractivity (Wildman–Crippen MR) is 121 cm³/mol. The molecule has 4 aromatic rings. The van der Waals surface area contributed by atoms with Crippen LogP contribution in [-0.4, -0.2) is 60.0 Å². The maximum atomic E-state index is 14.4. The van der Waals surface area contributed by atoms with Crippen molar-refractivity contribution in [2.24, 2.45) is 0 Å². The van der Waals surface area contributed by atoms with E-state index in [1.807, 2.05) is 19.9 Å². The van der Waals surface area contributed by atoms with Crippen molar-refractivity contribution >= 4 is 16.7 Å². The summed E-state index contributed by atoms with van der Waals surface area (Å²) in [7, 11) is 0. The third-order valence-corrected chi connectivity index (χ3v) is 5.59. The summed E-state index contributed by atoms with van der Waals surface area (Å²) in [6.07, 6.45) is 6.31. The number of nitriles is 1. The quantitative estimate of drug-likeness (QED) is 0.480. The number of alkyl halides is 1. The van der Waals surface area contributed by atoms with Gasteiger partial charge in [0.1, 0.15) is 17.9 Å². The number of nitrogens with one attached hydrogen (secondary N) is 2. The summed E-state index contributed by atoms with van der Waals surface area (Å²) in [5.74, 6) is 0.573. The van der Waals surface area contributed by atoms with Crippen molar-refractivity contribution in [3.63, 3.8) is 0 Å². The van der Waals surface area contributed by atoms with E-state index in [9.17, 15) is 4.39 Å². The lowest BCUT2D eigenvalue weighted by molar-refractivity contribution is 0.171. The molecule has 1 fully saturated rings. The van der Waals surface area contributed by atoms with Crippen molar-refractivity contribution in [3.05, 3.63) is 42.5 Å². The molecule has 0 spiro atoms. The molecule has 2 N–H and O–H groups in total.